The van der Waals surface area contributed by atoms with Gasteiger partial charge in [-0.2, -0.15) is 0 Å². The summed E-state index contributed by atoms with van der Waals surface area (Å²) in [6.07, 6.45) is 4.03. The molecular formula is C67H68N3OPt-. The molecule has 2 aromatic heterocycles. The van der Waals surface area contributed by atoms with Crippen LogP contribution >= 0.6 is 0 Å². The maximum Gasteiger partial charge on any atom is 0.148 e. The molecule has 0 amide bonds. The first-order valence-electron chi connectivity index (χ1n) is 25.4. The molecule has 0 saturated heterocycles. The molecule has 5 heteroatoms. The molecule has 2 heterocycles. The number of aromatic nitrogens is 3. The van der Waals surface area contributed by atoms with Crippen LogP contribution in [0.25, 0.3) is 72.7 Å². The predicted octanol–water partition coefficient (Wildman–Crippen LogP) is 17.5. The summed E-state index contributed by atoms with van der Waals surface area (Å²) in [5.74, 6) is 0.941. The molecule has 0 bridgehead atoms. The van der Waals surface area contributed by atoms with Crippen LogP contribution in [0.2, 0.25) is 0 Å². The molecular weight excluding hydrogens is 1060 g/mol. The fraction of sp³-hybridized carbons (Fsp3) is 0.284. The molecule has 72 heavy (non-hydrogen) atoms. The van der Waals surface area contributed by atoms with Gasteiger partial charge >= 0.3 is 0 Å². The fourth-order valence-electron chi connectivity index (χ4n) is 10.7. The van der Waals surface area contributed by atoms with Gasteiger partial charge < -0.3 is 5.11 Å². The smallest absolute Gasteiger partial charge is 0.148 e. The van der Waals surface area contributed by atoms with E-state index in [1.54, 1.807) is 0 Å². The molecule has 0 saturated carbocycles. The second kappa shape index (κ2) is 18.6. The van der Waals surface area contributed by atoms with Gasteiger partial charge in [-0.15, -0.1) is 29.3 Å². The zero-order valence-electron chi connectivity index (χ0n) is 44.1. The van der Waals surface area contributed by atoms with Gasteiger partial charge in [0.05, 0.1) is 22.3 Å². The number of hydrogen-bond donors (Lipinski definition) is 1. The van der Waals surface area contributed by atoms with E-state index in [9.17, 15) is 5.11 Å². The SMILES string of the molecule is CC(C)(C)c1cc(-c2cc(-c3ccc(C(C)(C)c4ccccc4)cc3)ccn2)[c-]c(-c2cccc3c2nc(-c2cc4c(cc2O)C(C)(C)CCC4(C)C)n3-c2ccc(C(C)(C)C)cc2-c2ccccc2)c1.[Pt]. The minimum absolute atomic E-state index is 0. The molecule has 9 aromatic rings. The van der Waals surface area contributed by atoms with Crippen LogP contribution in [-0.2, 0) is 48.1 Å². The molecule has 0 atom stereocenters. The van der Waals surface area contributed by atoms with E-state index in [0.717, 1.165) is 79.8 Å². The largest absolute Gasteiger partial charge is 0.507 e. The third kappa shape index (κ3) is 9.33. The first kappa shape index (κ1) is 50.6. The molecule has 7 aromatic carbocycles. The summed E-state index contributed by atoms with van der Waals surface area (Å²) in [7, 11) is 0. The summed E-state index contributed by atoms with van der Waals surface area (Å²) in [6.45, 7) is 27.4. The number of phenolic OH excluding ortho intramolecular Hbond substituents is 1. The van der Waals surface area contributed by atoms with Crippen molar-refractivity contribution in [2.24, 2.45) is 0 Å². The summed E-state index contributed by atoms with van der Waals surface area (Å²) in [5, 5.41) is 12.4. The Bertz CT molecular complexity index is 3460. The second-order valence-electron chi connectivity index (χ2n) is 23.9. The van der Waals surface area contributed by atoms with Gasteiger partial charge in [0, 0.05) is 43.9 Å². The minimum atomic E-state index is -0.176. The Morgan fingerprint density at radius 1 is 0.514 bits per heavy atom. The number of phenols is 1. The summed E-state index contributed by atoms with van der Waals surface area (Å²) >= 11 is 0. The van der Waals surface area contributed by atoms with Gasteiger partial charge in [0.25, 0.3) is 0 Å². The molecule has 1 N–H and O–H groups in total. The summed E-state index contributed by atoms with van der Waals surface area (Å²) in [5.41, 5.74) is 18.6. The standard InChI is InChI=1S/C67H68N3O.Pt/c1-63(2,3)50-30-31-58(53(40-50)44-20-15-13-16-21-44)70-59-25-19-24-52(61(59)69-62(70)54-41-55-56(42-60(54)71)66(9,10)34-33-65(55,7)8)46-36-47(38-51(37-46)64(4,5)6)57-39-45(32-35-68-57)43-26-28-49(29-27-43)67(11,12)48-22-17-14-18-23-48;/h13-32,35,37-42,71H,33-34H2,1-12H3;/q-1;. The average molecular weight is 1130 g/mol. The third-order valence-electron chi connectivity index (χ3n) is 15.6. The van der Waals surface area contributed by atoms with Crippen LogP contribution in [0.3, 0.4) is 0 Å². The quantitative estimate of drug-likeness (QED) is 0.154. The Hall–Kier alpha value is -6.35. The van der Waals surface area contributed by atoms with Crippen molar-refractivity contribution in [3.63, 3.8) is 0 Å². The Balaban J connectivity index is 0.00000640. The van der Waals surface area contributed by atoms with Crippen molar-refractivity contribution in [1.29, 1.82) is 0 Å². The van der Waals surface area contributed by atoms with E-state index < -0.39 is 0 Å². The number of benzene rings is 7. The van der Waals surface area contributed by atoms with Crippen LogP contribution in [-0.4, -0.2) is 19.6 Å². The van der Waals surface area contributed by atoms with E-state index in [4.69, 9.17) is 9.97 Å². The van der Waals surface area contributed by atoms with E-state index >= 15 is 0 Å². The molecule has 0 spiro atoms. The van der Waals surface area contributed by atoms with Gasteiger partial charge in [-0.05, 0) is 115 Å². The van der Waals surface area contributed by atoms with Crippen LogP contribution in [0.5, 0.6) is 5.75 Å². The first-order chi connectivity index (χ1) is 33.6. The number of imidazole rings is 1. The predicted molar refractivity (Wildman–Crippen MR) is 298 cm³/mol. The zero-order chi connectivity index (χ0) is 50.3. The summed E-state index contributed by atoms with van der Waals surface area (Å²) < 4.78 is 2.29. The molecule has 0 fully saturated rings. The topological polar surface area (TPSA) is 50.9 Å². The Labute approximate surface area is 442 Å². The number of pyridine rings is 1. The summed E-state index contributed by atoms with van der Waals surface area (Å²) in [6, 6.07) is 60.7. The van der Waals surface area contributed by atoms with Gasteiger partial charge in [0.2, 0.25) is 0 Å². The van der Waals surface area contributed by atoms with Crippen LogP contribution in [0.1, 0.15) is 129 Å². The maximum absolute atomic E-state index is 12.4. The normalized spacial score (nSPS) is 14.4. The molecule has 4 nitrogen and oxygen atoms in total. The molecule has 0 radical (unpaired) electrons. The number of aromatic hydroxyl groups is 1. The number of nitrogens with zero attached hydrogens (tertiary/aromatic N) is 3. The van der Waals surface area contributed by atoms with Gasteiger partial charge in [-0.3, -0.25) is 9.55 Å². The minimum Gasteiger partial charge on any atom is -0.507 e. The third-order valence-corrected chi connectivity index (χ3v) is 15.6. The number of para-hydroxylation sites is 1. The van der Waals surface area contributed by atoms with Crippen LogP contribution in [0.15, 0.2) is 164 Å². The van der Waals surface area contributed by atoms with E-state index in [1.165, 1.54) is 33.4 Å². The van der Waals surface area contributed by atoms with E-state index in [-0.39, 0.29) is 53.9 Å². The average Bonchev–Trinajstić information content (AvgIpc) is 3.74. The maximum atomic E-state index is 12.4. The first-order valence-corrected chi connectivity index (χ1v) is 25.4. The van der Waals surface area contributed by atoms with Crippen LogP contribution < -0.4 is 0 Å². The van der Waals surface area contributed by atoms with E-state index in [1.807, 2.05) is 12.3 Å². The van der Waals surface area contributed by atoms with Gasteiger partial charge in [0.1, 0.15) is 11.6 Å². The van der Waals surface area contributed by atoms with Crippen molar-refractivity contribution < 1.29 is 26.2 Å². The zero-order valence-corrected chi connectivity index (χ0v) is 46.4. The number of rotatable bonds is 8. The van der Waals surface area contributed by atoms with Gasteiger partial charge in [0.15, 0.2) is 0 Å². The second-order valence-corrected chi connectivity index (χ2v) is 23.9. The van der Waals surface area contributed by atoms with Crippen molar-refractivity contribution in [2.45, 2.75) is 123 Å². The van der Waals surface area contributed by atoms with Crippen molar-refractivity contribution in [3.05, 3.63) is 203 Å². The summed E-state index contributed by atoms with van der Waals surface area (Å²) in [4.78, 5) is 10.7. The van der Waals surface area contributed by atoms with Crippen LogP contribution in [0, 0.1) is 6.07 Å². The van der Waals surface area contributed by atoms with Crippen molar-refractivity contribution >= 4 is 11.0 Å². The van der Waals surface area contributed by atoms with Crippen molar-refractivity contribution in [3.8, 4) is 67.5 Å². The number of fused-ring (bicyclic) bond motifs is 2. The molecule has 368 valence electrons. The Morgan fingerprint density at radius 3 is 1.76 bits per heavy atom. The molecule has 1 aliphatic carbocycles. The molecule has 0 unspecified atom stereocenters. The fourth-order valence-corrected chi connectivity index (χ4v) is 10.7. The monoisotopic (exact) mass is 1130 g/mol. The Morgan fingerprint density at radius 2 is 1.11 bits per heavy atom. The van der Waals surface area contributed by atoms with E-state index in [2.05, 4.69) is 245 Å². The Kier molecular flexibility index (Phi) is 13.1. The molecule has 0 aliphatic heterocycles. The van der Waals surface area contributed by atoms with Crippen LogP contribution in [0.4, 0.5) is 0 Å². The van der Waals surface area contributed by atoms with Crippen molar-refractivity contribution in [1.82, 2.24) is 14.5 Å². The molecule has 10 rings (SSSR count). The van der Waals surface area contributed by atoms with Crippen molar-refractivity contribution in [2.75, 3.05) is 0 Å². The van der Waals surface area contributed by atoms with Gasteiger partial charge in [-0.25, -0.2) is 4.98 Å². The van der Waals surface area contributed by atoms with E-state index in [0.29, 0.717) is 5.82 Å². The number of hydrogen-bond acceptors (Lipinski definition) is 3. The van der Waals surface area contributed by atoms with Gasteiger partial charge in [-0.1, -0.05) is 203 Å². The molecule has 1 aliphatic rings.